The van der Waals surface area contributed by atoms with Gasteiger partial charge in [0.1, 0.15) is 10.8 Å². The molecule has 4 aromatic rings. The second-order valence-corrected chi connectivity index (χ2v) is 7.91. The number of carbonyl (C=O) groups is 1. The Kier molecular flexibility index (Phi) is 6.05. The van der Waals surface area contributed by atoms with Crippen LogP contribution in [-0.4, -0.2) is 21.6 Å². The Labute approximate surface area is 178 Å². The smallest absolute Gasteiger partial charge is 0.234 e. The molecule has 0 atom stereocenters. The van der Waals surface area contributed by atoms with E-state index < -0.39 is 5.82 Å². The van der Waals surface area contributed by atoms with E-state index in [9.17, 15) is 9.18 Å². The van der Waals surface area contributed by atoms with E-state index in [1.165, 1.54) is 29.5 Å². The van der Waals surface area contributed by atoms with Gasteiger partial charge in [-0.25, -0.2) is 14.4 Å². The van der Waals surface area contributed by atoms with Gasteiger partial charge in [-0.3, -0.25) is 4.79 Å². The molecule has 1 aromatic heterocycles. The fourth-order valence-corrected chi connectivity index (χ4v) is 3.82. The van der Waals surface area contributed by atoms with Crippen LogP contribution in [0.2, 0.25) is 0 Å². The topological polar surface area (TPSA) is 54.9 Å². The summed E-state index contributed by atoms with van der Waals surface area (Å²) in [6.07, 6.45) is 0.620. The van der Waals surface area contributed by atoms with Gasteiger partial charge in [0, 0.05) is 6.42 Å². The predicted octanol–water partition coefficient (Wildman–Crippen LogP) is 5.40. The number of rotatable bonds is 6. The maximum atomic E-state index is 13.8. The van der Waals surface area contributed by atoms with E-state index in [-0.39, 0.29) is 17.3 Å². The molecule has 0 aliphatic heterocycles. The van der Waals surface area contributed by atoms with E-state index in [1.807, 2.05) is 24.3 Å². The Balaban J connectivity index is 1.56. The van der Waals surface area contributed by atoms with E-state index in [0.29, 0.717) is 11.4 Å². The molecular weight excluding hydrogens is 397 g/mol. The minimum absolute atomic E-state index is 0.113. The summed E-state index contributed by atoms with van der Waals surface area (Å²) in [5.41, 5.74) is 4.92. The van der Waals surface area contributed by atoms with Crippen molar-refractivity contribution in [2.24, 2.45) is 0 Å². The number of aryl methyl sites for hydroxylation is 1. The number of carbonyl (C=O) groups excluding carboxylic acids is 1. The van der Waals surface area contributed by atoms with E-state index in [0.717, 1.165) is 22.3 Å². The zero-order valence-electron chi connectivity index (χ0n) is 16.4. The summed E-state index contributed by atoms with van der Waals surface area (Å²) in [5.74, 6) is -0.634. The number of hydrogen-bond donors (Lipinski definition) is 1. The summed E-state index contributed by atoms with van der Waals surface area (Å²) in [4.78, 5) is 21.9. The zero-order valence-corrected chi connectivity index (χ0v) is 17.2. The molecule has 3 aromatic carbocycles. The van der Waals surface area contributed by atoms with Crippen molar-refractivity contribution in [1.82, 2.24) is 9.97 Å². The van der Waals surface area contributed by atoms with Gasteiger partial charge >= 0.3 is 0 Å². The van der Waals surface area contributed by atoms with Crippen LogP contribution < -0.4 is 5.32 Å². The molecule has 150 valence electrons. The average Bonchev–Trinajstić information content (AvgIpc) is 2.75. The largest absolute Gasteiger partial charge is 0.323 e. The van der Waals surface area contributed by atoms with Gasteiger partial charge in [-0.2, -0.15) is 0 Å². The molecule has 0 bridgehead atoms. The number of nitrogens with zero attached hydrogens (tertiary/aromatic N) is 2. The SMILES string of the molecule is Cc1ccc(Cc2nc3ccccc3nc2SCC(=O)Nc2ccccc2F)cc1. The van der Waals surface area contributed by atoms with Crippen LogP contribution in [0.5, 0.6) is 0 Å². The molecule has 0 fully saturated rings. The summed E-state index contributed by atoms with van der Waals surface area (Å²) >= 11 is 1.31. The van der Waals surface area contributed by atoms with Crippen LogP contribution in [0.4, 0.5) is 10.1 Å². The number of thioether (sulfide) groups is 1. The third-order valence-electron chi connectivity index (χ3n) is 4.59. The third kappa shape index (κ3) is 4.83. The first kappa shape index (κ1) is 20.0. The molecule has 4 nitrogen and oxygen atoms in total. The molecule has 0 radical (unpaired) electrons. The summed E-state index contributed by atoms with van der Waals surface area (Å²) in [5, 5.41) is 3.32. The lowest BCUT2D eigenvalue weighted by Gasteiger charge is -2.10. The van der Waals surface area contributed by atoms with Crippen molar-refractivity contribution >= 4 is 34.4 Å². The van der Waals surface area contributed by atoms with Crippen molar-refractivity contribution in [3.05, 3.63) is 95.4 Å². The highest BCUT2D eigenvalue weighted by molar-refractivity contribution is 8.00. The van der Waals surface area contributed by atoms with E-state index in [2.05, 4.69) is 36.5 Å². The van der Waals surface area contributed by atoms with E-state index in [4.69, 9.17) is 9.97 Å². The number of benzene rings is 3. The average molecular weight is 418 g/mol. The Morgan fingerprint density at radius 2 is 1.60 bits per heavy atom. The number of fused-ring (bicyclic) bond motifs is 1. The first-order valence-electron chi connectivity index (χ1n) is 9.57. The van der Waals surface area contributed by atoms with Crippen LogP contribution in [0, 0.1) is 12.7 Å². The highest BCUT2D eigenvalue weighted by Gasteiger charge is 2.13. The molecule has 0 unspecified atom stereocenters. The van der Waals surface area contributed by atoms with Gasteiger partial charge in [0.2, 0.25) is 5.91 Å². The normalized spacial score (nSPS) is 10.9. The summed E-state index contributed by atoms with van der Waals surface area (Å²) < 4.78 is 13.8. The summed E-state index contributed by atoms with van der Waals surface area (Å²) in [6, 6.07) is 22.1. The zero-order chi connectivity index (χ0) is 20.9. The Morgan fingerprint density at radius 1 is 0.933 bits per heavy atom. The number of para-hydroxylation sites is 3. The van der Waals surface area contributed by atoms with Crippen LogP contribution in [0.1, 0.15) is 16.8 Å². The van der Waals surface area contributed by atoms with Crippen LogP contribution in [0.3, 0.4) is 0 Å². The van der Waals surface area contributed by atoms with E-state index in [1.54, 1.807) is 12.1 Å². The Hall–Kier alpha value is -3.25. The fraction of sp³-hybridized carbons (Fsp3) is 0.125. The van der Waals surface area contributed by atoms with Gasteiger partial charge in [-0.1, -0.05) is 65.9 Å². The molecule has 30 heavy (non-hydrogen) atoms. The monoisotopic (exact) mass is 417 g/mol. The number of halogens is 1. The lowest BCUT2D eigenvalue weighted by molar-refractivity contribution is -0.113. The Morgan fingerprint density at radius 3 is 2.33 bits per heavy atom. The molecule has 0 aliphatic rings. The number of amides is 1. The lowest BCUT2D eigenvalue weighted by atomic mass is 10.1. The van der Waals surface area contributed by atoms with Crippen molar-refractivity contribution in [2.45, 2.75) is 18.4 Å². The van der Waals surface area contributed by atoms with Gasteiger partial charge in [0.25, 0.3) is 0 Å². The second kappa shape index (κ2) is 9.05. The van der Waals surface area contributed by atoms with Crippen molar-refractivity contribution in [3.63, 3.8) is 0 Å². The van der Waals surface area contributed by atoms with Gasteiger partial charge in [-0.15, -0.1) is 0 Å². The summed E-state index contributed by atoms with van der Waals surface area (Å²) in [6.45, 7) is 2.05. The number of nitrogens with one attached hydrogen (secondary N) is 1. The number of hydrogen-bond acceptors (Lipinski definition) is 4. The lowest BCUT2D eigenvalue weighted by Crippen LogP contribution is -2.15. The van der Waals surface area contributed by atoms with Crippen LogP contribution in [0.25, 0.3) is 11.0 Å². The van der Waals surface area contributed by atoms with Crippen LogP contribution >= 0.6 is 11.8 Å². The molecule has 0 saturated carbocycles. The van der Waals surface area contributed by atoms with Gasteiger partial charge < -0.3 is 5.32 Å². The number of anilines is 1. The van der Waals surface area contributed by atoms with Crippen LogP contribution in [0.15, 0.2) is 77.8 Å². The van der Waals surface area contributed by atoms with Gasteiger partial charge in [0.05, 0.1) is 28.2 Å². The minimum Gasteiger partial charge on any atom is -0.323 e. The molecule has 1 amide bonds. The minimum atomic E-state index is -0.457. The maximum absolute atomic E-state index is 13.8. The Bertz CT molecular complexity index is 1190. The molecular formula is C24H20FN3OS. The number of aromatic nitrogens is 2. The third-order valence-corrected chi connectivity index (χ3v) is 5.59. The highest BCUT2D eigenvalue weighted by Crippen LogP contribution is 2.25. The molecule has 0 spiro atoms. The first-order chi connectivity index (χ1) is 14.6. The molecule has 0 aliphatic carbocycles. The van der Waals surface area contributed by atoms with Gasteiger partial charge in [0.15, 0.2) is 0 Å². The second-order valence-electron chi connectivity index (χ2n) is 6.94. The molecule has 0 saturated heterocycles. The predicted molar refractivity (Wildman–Crippen MR) is 119 cm³/mol. The highest BCUT2D eigenvalue weighted by atomic mass is 32.2. The molecule has 1 heterocycles. The summed E-state index contributed by atoms with van der Waals surface area (Å²) in [7, 11) is 0. The quantitative estimate of drug-likeness (QED) is 0.427. The van der Waals surface area contributed by atoms with Crippen LogP contribution in [-0.2, 0) is 11.2 Å². The van der Waals surface area contributed by atoms with E-state index >= 15 is 0 Å². The standard InChI is InChI=1S/C24H20FN3OS/c1-16-10-12-17(13-11-16)14-22-24(28-21-9-5-4-8-20(21)26-22)30-15-23(29)27-19-7-3-2-6-18(19)25/h2-13H,14-15H2,1H3,(H,27,29). The fourth-order valence-electron chi connectivity index (χ4n) is 3.03. The molecule has 1 N–H and O–H groups in total. The van der Waals surface area contributed by atoms with Crippen molar-refractivity contribution in [1.29, 1.82) is 0 Å². The van der Waals surface area contributed by atoms with Gasteiger partial charge in [-0.05, 0) is 36.8 Å². The molecule has 4 rings (SSSR count). The first-order valence-corrected chi connectivity index (χ1v) is 10.6. The molecule has 6 heteroatoms. The van der Waals surface area contributed by atoms with Crippen molar-refractivity contribution < 1.29 is 9.18 Å². The maximum Gasteiger partial charge on any atom is 0.234 e. The van der Waals surface area contributed by atoms with Crippen molar-refractivity contribution in [3.8, 4) is 0 Å². The van der Waals surface area contributed by atoms with Crippen molar-refractivity contribution in [2.75, 3.05) is 11.1 Å².